The fourth-order valence-corrected chi connectivity index (χ4v) is 3.99. The molecule has 1 amide bonds. The Kier molecular flexibility index (Phi) is 4.65. The molecule has 1 atom stereocenters. The number of piperidine rings is 1. The van der Waals surface area contributed by atoms with Crippen molar-refractivity contribution in [3.63, 3.8) is 0 Å². The molecule has 1 unspecified atom stereocenters. The number of primary amides is 1. The molecule has 1 aliphatic rings. The molecule has 0 radical (unpaired) electrons. The zero-order valence-corrected chi connectivity index (χ0v) is 12.7. The zero-order chi connectivity index (χ0) is 15.6. The topological polar surface area (TPSA) is 101 Å². The Morgan fingerprint density at radius 3 is 2.52 bits per heavy atom. The predicted octanol–water partition coefficient (Wildman–Crippen LogP) is 0.626. The molecule has 0 bridgehead atoms. The van der Waals surface area contributed by atoms with E-state index in [0.717, 1.165) is 0 Å². The van der Waals surface area contributed by atoms with Crippen LogP contribution in [0.4, 0.5) is 0 Å². The molecule has 1 aliphatic heterocycles. The van der Waals surface area contributed by atoms with Gasteiger partial charge in [-0.1, -0.05) is 12.1 Å². The van der Waals surface area contributed by atoms with Crippen molar-refractivity contribution in [2.45, 2.75) is 30.8 Å². The molecule has 1 heterocycles. The van der Waals surface area contributed by atoms with Gasteiger partial charge in [-0.05, 0) is 37.5 Å². The fourth-order valence-electron chi connectivity index (χ4n) is 2.46. The molecule has 1 aromatic carbocycles. The van der Waals surface area contributed by atoms with E-state index in [4.69, 9.17) is 5.73 Å². The summed E-state index contributed by atoms with van der Waals surface area (Å²) in [4.78, 5) is 11.3. The first-order chi connectivity index (χ1) is 9.82. The van der Waals surface area contributed by atoms with E-state index in [-0.39, 0.29) is 29.8 Å². The quantitative estimate of drug-likeness (QED) is 0.851. The highest BCUT2D eigenvalue weighted by Crippen LogP contribution is 2.25. The molecule has 1 saturated heterocycles. The lowest BCUT2D eigenvalue weighted by Crippen LogP contribution is -2.41. The number of benzene rings is 1. The number of nitrogens with two attached hydrogens (primary N) is 1. The third-order valence-electron chi connectivity index (χ3n) is 3.83. The number of amides is 1. The summed E-state index contributed by atoms with van der Waals surface area (Å²) in [5.74, 6) is -0.622. The van der Waals surface area contributed by atoms with Crippen LogP contribution in [-0.4, -0.2) is 36.8 Å². The molecule has 1 aromatic rings. The second-order valence-corrected chi connectivity index (χ2v) is 7.27. The van der Waals surface area contributed by atoms with Gasteiger partial charge >= 0.3 is 0 Å². The lowest BCUT2D eigenvalue weighted by atomic mass is 9.98. The SMILES string of the molecule is CC(O)c1cccc(S(=O)(=O)N2CCC(C(N)=O)CC2)c1. The highest BCUT2D eigenvalue weighted by Gasteiger charge is 2.31. The van der Waals surface area contributed by atoms with Crippen molar-refractivity contribution in [2.75, 3.05) is 13.1 Å². The van der Waals surface area contributed by atoms with E-state index in [1.807, 2.05) is 0 Å². The van der Waals surface area contributed by atoms with Gasteiger partial charge in [0.25, 0.3) is 0 Å². The molecule has 116 valence electrons. The van der Waals surface area contributed by atoms with Crippen molar-refractivity contribution < 1.29 is 18.3 Å². The minimum Gasteiger partial charge on any atom is -0.389 e. The minimum atomic E-state index is -3.60. The maximum Gasteiger partial charge on any atom is 0.243 e. The number of sulfonamides is 1. The van der Waals surface area contributed by atoms with E-state index in [1.165, 1.54) is 16.4 Å². The number of hydrogen-bond acceptors (Lipinski definition) is 4. The third-order valence-corrected chi connectivity index (χ3v) is 5.73. The van der Waals surface area contributed by atoms with Gasteiger partial charge in [0.1, 0.15) is 0 Å². The third kappa shape index (κ3) is 3.42. The van der Waals surface area contributed by atoms with Crippen molar-refractivity contribution >= 4 is 15.9 Å². The Hall–Kier alpha value is -1.44. The van der Waals surface area contributed by atoms with Crippen molar-refractivity contribution in [1.82, 2.24) is 4.31 Å². The summed E-state index contributed by atoms with van der Waals surface area (Å²) in [6.07, 6.45) is 0.177. The van der Waals surface area contributed by atoms with Crippen LogP contribution in [0.5, 0.6) is 0 Å². The smallest absolute Gasteiger partial charge is 0.243 e. The molecule has 0 aromatic heterocycles. The maximum absolute atomic E-state index is 12.6. The van der Waals surface area contributed by atoms with Crippen LogP contribution in [0.15, 0.2) is 29.2 Å². The summed E-state index contributed by atoms with van der Waals surface area (Å²) in [7, 11) is -3.60. The van der Waals surface area contributed by atoms with Crippen LogP contribution >= 0.6 is 0 Å². The van der Waals surface area contributed by atoms with E-state index < -0.39 is 16.1 Å². The van der Waals surface area contributed by atoms with Gasteiger partial charge in [0.15, 0.2) is 0 Å². The van der Waals surface area contributed by atoms with Gasteiger partial charge in [0.2, 0.25) is 15.9 Å². The first-order valence-corrected chi connectivity index (χ1v) is 8.34. The highest BCUT2D eigenvalue weighted by molar-refractivity contribution is 7.89. The summed E-state index contributed by atoms with van der Waals surface area (Å²) in [6, 6.07) is 6.30. The molecule has 0 saturated carbocycles. The van der Waals surface area contributed by atoms with Gasteiger partial charge < -0.3 is 10.8 Å². The standard InChI is InChI=1S/C14H20N2O4S/c1-10(17)12-3-2-4-13(9-12)21(19,20)16-7-5-11(6-8-16)14(15)18/h2-4,9-11,17H,5-8H2,1H3,(H2,15,18). The van der Waals surface area contributed by atoms with Crippen molar-refractivity contribution in [2.24, 2.45) is 11.7 Å². The first kappa shape index (κ1) is 15.9. The van der Waals surface area contributed by atoms with Crippen LogP contribution in [-0.2, 0) is 14.8 Å². The van der Waals surface area contributed by atoms with Gasteiger partial charge in [0.05, 0.1) is 11.0 Å². The second-order valence-electron chi connectivity index (χ2n) is 5.33. The monoisotopic (exact) mass is 312 g/mol. The number of aliphatic hydroxyl groups excluding tert-OH is 1. The summed E-state index contributed by atoms with van der Waals surface area (Å²) in [6.45, 7) is 2.16. The van der Waals surface area contributed by atoms with Crippen LogP contribution in [0.1, 0.15) is 31.4 Å². The Bertz CT molecular complexity index is 620. The summed E-state index contributed by atoms with van der Waals surface area (Å²) >= 11 is 0. The molecule has 7 heteroatoms. The van der Waals surface area contributed by atoms with E-state index in [0.29, 0.717) is 18.4 Å². The molecule has 3 N–H and O–H groups in total. The van der Waals surface area contributed by atoms with E-state index in [1.54, 1.807) is 19.1 Å². The Balaban J connectivity index is 2.19. The minimum absolute atomic E-state index is 0.165. The number of carbonyl (C=O) groups excluding carboxylic acids is 1. The Morgan fingerprint density at radius 2 is 2.00 bits per heavy atom. The molecule has 0 spiro atoms. The average molecular weight is 312 g/mol. The van der Waals surface area contributed by atoms with Gasteiger partial charge in [-0.3, -0.25) is 4.79 Å². The lowest BCUT2D eigenvalue weighted by Gasteiger charge is -2.29. The predicted molar refractivity (Wildman–Crippen MR) is 77.8 cm³/mol. The fraction of sp³-hybridized carbons (Fsp3) is 0.500. The summed E-state index contributed by atoms with van der Waals surface area (Å²) in [5, 5.41) is 9.56. The average Bonchev–Trinajstić information content (AvgIpc) is 2.47. The number of rotatable bonds is 4. The van der Waals surface area contributed by atoms with Crippen LogP contribution in [0.2, 0.25) is 0 Å². The van der Waals surface area contributed by atoms with Crippen LogP contribution in [0, 0.1) is 5.92 Å². The number of carbonyl (C=O) groups is 1. The zero-order valence-electron chi connectivity index (χ0n) is 11.9. The molecule has 6 nitrogen and oxygen atoms in total. The van der Waals surface area contributed by atoms with Gasteiger partial charge in [0, 0.05) is 19.0 Å². The molecule has 2 rings (SSSR count). The lowest BCUT2D eigenvalue weighted by molar-refractivity contribution is -0.122. The Labute approximate surface area is 124 Å². The van der Waals surface area contributed by atoms with Crippen LogP contribution < -0.4 is 5.73 Å². The van der Waals surface area contributed by atoms with Crippen molar-refractivity contribution in [1.29, 1.82) is 0 Å². The number of aliphatic hydroxyl groups is 1. The number of nitrogens with zero attached hydrogens (tertiary/aromatic N) is 1. The van der Waals surface area contributed by atoms with Crippen LogP contribution in [0.3, 0.4) is 0 Å². The molecule has 1 fully saturated rings. The van der Waals surface area contributed by atoms with E-state index in [9.17, 15) is 18.3 Å². The van der Waals surface area contributed by atoms with Crippen molar-refractivity contribution in [3.8, 4) is 0 Å². The van der Waals surface area contributed by atoms with E-state index >= 15 is 0 Å². The van der Waals surface area contributed by atoms with E-state index in [2.05, 4.69) is 0 Å². The molecular weight excluding hydrogens is 292 g/mol. The largest absolute Gasteiger partial charge is 0.389 e. The normalized spacial score (nSPS) is 19.3. The number of hydrogen-bond donors (Lipinski definition) is 2. The highest BCUT2D eigenvalue weighted by atomic mass is 32.2. The second kappa shape index (κ2) is 6.13. The molecule has 0 aliphatic carbocycles. The summed E-state index contributed by atoms with van der Waals surface area (Å²) in [5.41, 5.74) is 5.81. The molecular formula is C14H20N2O4S. The van der Waals surface area contributed by atoms with Crippen LogP contribution in [0.25, 0.3) is 0 Å². The van der Waals surface area contributed by atoms with Crippen molar-refractivity contribution in [3.05, 3.63) is 29.8 Å². The maximum atomic E-state index is 12.6. The van der Waals surface area contributed by atoms with Gasteiger partial charge in [-0.25, -0.2) is 8.42 Å². The summed E-state index contributed by atoms with van der Waals surface area (Å²) < 4.78 is 26.5. The van der Waals surface area contributed by atoms with Gasteiger partial charge in [-0.15, -0.1) is 0 Å². The first-order valence-electron chi connectivity index (χ1n) is 6.90. The Morgan fingerprint density at radius 1 is 1.38 bits per heavy atom. The molecule has 21 heavy (non-hydrogen) atoms. The van der Waals surface area contributed by atoms with Gasteiger partial charge in [-0.2, -0.15) is 4.31 Å².